The predicted octanol–water partition coefficient (Wildman–Crippen LogP) is 2.68. The van der Waals surface area contributed by atoms with Gasteiger partial charge < -0.3 is 10.4 Å². The van der Waals surface area contributed by atoms with Gasteiger partial charge in [0.2, 0.25) is 5.91 Å². The van der Waals surface area contributed by atoms with Gasteiger partial charge in [0.1, 0.15) is 0 Å². The van der Waals surface area contributed by atoms with Crippen LogP contribution in [0, 0.1) is 0 Å². The van der Waals surface area contributed by atoms with Crippen LogP contribution in [0.15, 0.2) is 24.3 Å². The van der Waals surface area contributed by atoms with Crippen molar-refractivity contribution in [3.63, 3.8) is 0 Å². The number of benzene rings is 1. The number of nitrogens with one attached hydrogen (secondary N) is 1. The summed E-state index contributed by atoms with van der Waals surface area (Å²) in [6.07, 6.45) is 5.96. The number of nitrogens with zero attached hydrogens (tertiary/aromatic N) is 1. The van der Waals surface area contributed by atoms with Crippen molar-refractivity contribution >= 4 is 17.5 Å². The number of rotatable bonds is 4. The normalized spacial score (nSPS) is 22.2. The van der Waals surface area contributed by atoms with E-state index in [0.717, 1.165) is 31.5 Å². The van der Waals surface area contributed by atoms with Crippen LogP contribution in [0.1, 0.15) is 44.1 Å². The van der Waals surface area contributed by atoms with E-state index in [4.69, 9.17) is 11.6 Å². The van der Waals surface area contributed by atoms with Gasteiger partial charge in [-0.05, 0) is 43.4 Å². The number of aliphatic hydroxyl groups is 1. The van der Waals surface area contributed by atoms with Gasteiger partial charge in [-0.1, -0.05) is 36.6 Å². The summed E-state index contributed by atoms with van der Waals surface area (Å²) in [5.74, 6) is 0.119. The Morgan fingerprint density at radius 2 is 1.83 bits per heavy atom. The second-order valence-corrected chi connectivity index (χ2v) is 7.30. The minimum Gasteiger partial charge on any atom is -0.385 e. The highest BCUT2D eigenvalue weighted by atomic mass is 35.5. The molecule has 1 aliphatic carbocycles. The van der Waals surface area contributed by atoms with Crippen molar-refractivity contribution in [3.8, 4) is 0 Å². The topological polar surface area (TPSA) is 52.6 Å². The standard InChI is InChI=1S/C18H25ClN2O2/c19-15-7-5-14(6-8-15)18(23)9-11-21(12-10-18)13-17(22)20-16-3-1-2-4-16/h5-8,16,23H,1-4,9-13H2,(H,20,22). The van der Waals surface area contributed by atoms with E-state index in [1.807, 2.05) is 24.3 Å². The molecule has 1 aliphatic heterocycles. The Bertz CT molecular complexity index is 532. The summed E-state index contributed by atoms with van der Waals surface area (Å²) in [5.41, 5.74) is 0.111. The molecule has 4 nitrogen and oxygen atoms in total. The van der Waals surface area contributed by atoms with E-state index in [1.165, 1.54) is 12.8 Å². The molecular weight excluding hydrogens is 312 g/mol. The van der Waals surface area contributed by atoms with Crippen LogP contribution in [0.5, 0.6) is 0 Å². The largest absolute Gasteiger partial charge is 0.385 e. The molecule has 0 spiro atoms. The number of halogens is 1. The lowest BCUT2D eigenvalue weighted by molar-refractivity contribution is -0.124. The van der Waals surface area contributed by atoms with Gasteiger partial charge in [-0.3, -0.25) is 9.69 Å². The van der Waals surface area contributed by atoms with Crippen molar-refractivity contribution in [1.82, 2.24) is 10.2 Å². The molecule has 0 unspecified atom stereocenters. The molecule has 1 aromatic rings. The van der Waals surface area contributed by atoms with Crippen LogP contribution < -0.4 is 5.32 Å². The first-order valence-corrected chi connectivity index (χ1v) is 8.93. The molecule has 1 amide bonds. The van der Waals surface area contributed by atoms with E-state index in [-0.39, 0.29) is 5.91 Å². The SMILES string of the molecule is O=C(CN1CCC(O)(c2ccc(Cl)cc2)CC1)NC1CCCC1. The average Bonchev–Trinajstić information content (AvgIpc) is 3.03. The molecule has 2 aliphatic rings. The minimum absolute atomic E-state index is 0.119. The van der Waals surface area contributed by atoms with E-state index in [9.17, 15) is 9.90 Å². The molecule has 1 heterocycles. The smallest absolute Gasteiger partial charge is 0.234 e. The van der Waals surface area contributed by atoms with E-state index in [2.05, 4.69) is 10.2 Å². The van der Waals surface area contributed by atoms with Crippen LogP contribution in [0.4, 0.5) is 0 Å². The fourth-order valence-corrected chi connectivity index (χ4v) is 3.80. The highest BCUT2D eigenvalue weighted by molar-refractivity contribution is 6.30. The first-order chi connectivity index (χ1) is 11.0. The zero-order valence-electron chi connectivity index (χ0n) is 13.4. The third-order valence-electron chi connectivity index (χ3n) is 5.15. The Labute approximate surface area is 142 Å². The lowest BCUT2D eigenvalue weighted by atomic mass is 9.84. The van der Waals surface area contributed by atoms with Crippen LogP contribution in [-0.4, -0.2) is 41.6 Å². The number of amides is 1. The summed E-state index contributed by atoms with van der Waals surface area (Å²) < 4.78 is 0. The molecule has 3 rings (SSSR count). The summed E-state index contributed by atoms with van der Waals surface area (Å²) in [7, 11) is 0. The molecule has 0 aromatic heterocycles. The maximum atomic E-state index is 12.1. The Kier molecular flexibility index (Phi) is 5.24. The fraction of sp³-hybridized carbons (Fsp3) is 0.611. The summed E-state index contributed by atoms with van der Waals surface area (Å²) in [6, 6.07) is 7.79. The summed E-state index contributed by atoms with van der Waals surface area (Å²) in [6.45, 7) is 1.90. The van der Waals surface area contributed by atoms with Crippen molar-refractivity contribution in [1.29, 1.82) is 0 Å². The van der Waals surface area contributed by atoms with Gasteiger partial charge in [0.05, 0.1) is 12.1 Å². The fourth-order valence-electron chi connectivity index (χ4n) is 3.68. The average molecular weight is 337 g/mol. The first kappa shape index (κ1) is 16.7. The van der Waals surface area contributed by atoms with E-state index in [0.29, 0.717) is 30.5 Å². The van der Waals surface area contributed by atoms with Gasteiger partial charge in [0.25, 0.3) is 0 Å². The van der Waals surface area contributed by atoms with Gasteiger partial charge in [0, 0.05) is 24.2 Å². The van der Waals surface area contributed by atoms with Gasteiger partial charge >= 0.3 is 0 Å². The summed E-state index contributed by atoms with van der Waals surface area (Å²) in [5, 5.41) is 14.7. The molecule has 23 heavy (non-hydrogen) atoms. The van der Waals surface area contributed by atoms with Gasteiger partial charge in [-0.25, -0.2) is 0 Å². The number of piperidine rings is 1. The number of hydrogen-bond donors (Lipinski definition) is 2. The Balaban J connectivity index is 1.49. The molecule has 1 aromatic carbocycles. The molecular formula is C18H25ClN2O2. The van der Waals surface area contributed by atoms with Gasteiger partial charge in [-0.2, -0.15) is 0 Å². The molecule has 1 saturated heterocycles. The molecule has 2 N–H and O–H groups in total. The maximum absolute atomic E-state index is 12.1. The van der Waals surface area contributed by atoms with Crippen LogP contribution in [-0.2, 0) is 10.4 Å². The second-order valence-electron chi connectivity index (χ2n) is 6.86. The minimum atomic E-state index is -0.803. The van der Waals surface area contributed by atoms with Crippen molar-refractivity contribution in [2.75, 3.05) is 19.6 Å². The predicted molar refractivity (Wildman–Crippen MR) is 91.4 cm³/mol. The maximum Gasteiger partial charge on any atom is 0.234 e. The molecule has 2 fully saturated rings. The van der Waals surface area contributed by atoms with Crippen molar-refractivity contribution in [3.05, 3.63) is 34.9 Å². The summed E-state index contributed by atoms with van der Waals surface area (Å²) >= 11 is 5.91. The molecule has 0 radical (unpaired) electrons. The van der Waals surface area contributed by atoms with Crippen molar-refractivity contribution < 1.29 is 9.90 Å². The first-order valence-electron chi connectivity index (χ1n) is 8.55. The van der Waals surface area contributed by atoms with Gasteiger partial charge in [-0.15, -0.1) is 0 Å². The number of hydrogen-bond acceptors (Lipinski definition) is 3. The van der Waals surface area contributed by atoms with Crippen LogP contribution >= 0.6 is 11.6 Å². The molecule has 1 saturated carbocycles. The molecule has 5 heteroatoms. The molecule has 0 atom stereocenters. The van der Waals surface area contributed by atoms with Crippen LogP contribution in [0.25, 0.3) is 0 Å². The number of carbonyl (C=O) groups is 1. The Morgan fingerprint density at radius 1 is 1.22 bits per heavy atom. The Hall–Kier alpha value is -1.10. The monoisotopic (exact) mass is 336 g/mol. The van der Waals surface area contributed by atoms with Gasteiger partial charge in [0.15, 0.2) is 0 Å². The number of carbonyl (C=O) groups excluding carboxylic acids is 1. The highest BCUT2D eigenvalue weighted by Gasteiger charge is 2.34. The zero-order valence-corrected chi connectivity index (χ0v) is 14.2. The molecule has 126 valence electrons. The third kappa shape index (κ3) is 4.25. The second kappa shape index (κ2) is 7.20. The van der Waals surface area contributed by atoms with E-state index in [1.54, 1.807) is 0 Å². The zero-order chi connectivity index (χ0) is 16.3. The lowest BCUT2D eigenvalue weighted by Gasteiger charge is -2.38. The van der Waals surface area contributed by atoms with Crippen LogP contribution in [0.3, 0.4) is 0 Å². The Morgan fingerprint density at radius 3 is 2.43 bits per heavy atom. The number of likely N-dealkylation sites (tertiary alicyclic amines) is 1. The quantitative estimate of drug-likeness (QED) is 0.888. The van der Waals surface area contributed by atoms with E-state index < -0.39 is 5.60 Å². The highest BCUT2D eigenvalue weighted by Crippen LogP contribution is 2.33. The van der Waals surface area contributed by atoms with E-state index >= 15 is 0 Å². The van der Waals surface area contributed by atoms with Crippen molar-refractivity contribution in [2.45, 2.75) is 50.2 Å². The summed E-state index contributed by atoms with van der Waals surface area (Å²) in [4.78, 5) is 14.2. The van der Waals surface area contributed by atoms with Crippen molar-refractivity contribution in [2.24, 2.45) is 0 Å². The third-order valence-corrected chi connectivity index (χ3v) is 5.40. The van der Waals surface area contributed by atoms with Crippen LogP contribution in [0.2, 0.25) is 5.02 Å². The molecule has 0 bridgehead atoms. The lowest BCUT2D eigenvalue weighted by Crippen LogP contribution is -2.47.